The summed E-state index contributed by atoms with van der Waals surface area (Å²) in [6.45, 7) is 6.14. The van der Waals surface area contributed by atoms with E-state index in [2.05, 4.69) is 25.6 Å². The molecule has 0 unspecified atom stereocenters. The summed E-state index contributed by atoms with van der Waals surface area (Å²) in [6, 6.07) is 8.80. The zero-order valence-corrected chi connectivity index (χ0v) is 15.1. The Hall–Kier alpha value is -2.89. The van der Waals surface area contributed by atoms with Gasteiger partial charge in [-0.2, -0.15) is 0 Å². The lowest BCUT2D eigenvalue weighted by atomic mass is 10.1. The van der Waals surface area contributed by atoms with Gasteiger partial charge in [0.05, 0.1) is 12.2 Å². The van der Waals surface area contributed by atoms with Gasteiger partial charge >= 0.3 is 0 Å². The number of halogens is 1. The van der Waals surface area contributed by atoms with Gasteiger partial charge < -0.3 is 15.6 Å². The molecule has 2 heterocycles. The first-order valence-electron chi connectivity index (χ1n) is 8.85. The van der Waals surface area contributed by atoms with Crippen molar-refractivity contribution < 1.29 is 4.39 Å². The van der Waals surface area contributed by atoms with Crippen molar-refractivity contribution >= 4 is 16.9 Å². The number of hydrogen-bond donors (Lipinski definition) is 3. The molecule has 1 aromatic carbocycles. The minimum Gasteiger partial charge on any atom is -0.361 e. The van der Waals surface area contributed by atoms with E-state index in [1.807, 2.05) is 38.2 Å². The van der Waals surface area contributed by atoms with E-state index in [9.17, 15) is 4.39 Å². The summed E-state index contributed by atoms with van der Waals surface area (Å²) in [5.74, 6) is 0.541. The topological polar surface area (TPSA) is 65.1 Å². The lowest BCUT2D eigenvalue weighted by molar-refractivity contribution is 0.629. The minimum absolute atomic E-state index is 0.226. The van der Waals surface area contributed by atoms with Crippen LogP contribution in [0.5, 0.6) is 0 Å². The normalized spacial score (nSPS) is 11.7. The van der Waals surface area contributed by atoms with Crippen molar-refractivity contribution in [1.82, 2.24) is 20.6 Å². The SMILES string of the molecule is CCNC(=NCc1ncccc1C)NCCc1c[nH]c2cc(F)ccc12. The van der Waals surface area contributed by atoms with E-state index in [-0.39, 0.29) is 5.82 Å². The van der Waals surface area contributed by atoms with E-state index in [1.54, 1.807) is 6.20 Å². The first-order chi connectivity index (χ1) is 12.7. The standard InChI is InChI=1S/C20H24FN5/c1-3-22-20(26-13-19-14(2)5-4-9-23-19)24-10-8-15-12-25-18-11-16(21)6-7-17(15)18/h4-7,9,11-12,25H,3,8,10,13H2,1-2H3,(H2,22,24,26). The number of nitrogens with zero attached hydrogens (tertiary/aromatic N) is 2. The number of aryl methyl sites for hydroxylation is 1. The Morgan fingerprint density at radius 3 is 2.96 bits per heavy atom. The lowest BCUT2D eigenvalue weighted by Crippen LogP contribution is -2.38. The fourth-order valence-electron chi connectivity index (χ4n) is 2.86. The smallest absolute Gasteiger partial charge is 0.191 e. The van der Waals surface area contributed by atoms with Gasteiger partial charge in [-0.25, -0.2) is 9.38 Å². The zero-order valence-electron chi connectivity index (χ0n) is 15.1. The molecule has 0 saturated heterocycles. The van der Waals surface area contributed by atoms with Crippen LogP contribution in [0.1, 0.15) is 23.7 Å². The first-order valence-corrected chi connectivity index (χ1v) is 8.85. The molecule has 5 nitrogen and oxygen atoms in total. The quantitative estimate of drug-likeness (QED) is 0.470. The molecular formula is C20H24FN5. The molecule has 0 aliphatic heterocycles. The van der Waals surface area contributed by atoms with Crippen molar-refractivity contribution in [2.45, 2.75) is 26.8 Å². The number of H-pyrrole nitrogens is 1. The third-order valence-electron chi connectivity index (χ3n) is 4.27. The fraction of sp³-hybridized carbons (Fsp3) is 0.300. The minimum atomic E-state index is -0.226. The number of hydrogen-bond acceptors (Lipinski definition) is 2. The number of aromatic amines is 1. The second-order valence-electron chi connectivity index (χ2n) is 6.14. The van der Waals surface area contributed by atoms with Gasteiger partial charge in [0.2, 0.25) is 0 Å². The van der Waals surface area contributed by atoms with Crippen LogP contribution in [0.2, 0.25) is 0 Å². The zero-order chi connectivity index (χ0) is 18.4. The first kappa shape index (κ1) is 17.9. The third-order valence-corrected chi connectivity index (χ3v) is 4.27. The maximum absolute atomic E-state index is 13.3. The molecule has 2 aromatic heterocycles. The van der Waals surface area contributed by atoms with Crippen LogP contribution in [0.4, 0.5) is 4.39 Å². The van der Waals surface area contributed by atoms with Gasteiger partial charge in [0.25, 0.3) is 0 Å². The summed E-state index contributed by atoms with van der Waals surface area (Å²) in [5.41, 5.74) is 4.09. The van der Waals surface area contributed by atoms with Crippen LogP contribution in [0, 0.1) is 12.7 Å². The highest BCUT2D eigenvalue weighted by Crippen LogP contribution is 2.19. The van der Waals surface area contributed by atoms with Gasteiger partial charge in [0, 0.05) is 36.4 Å². The molecule has 3 aromatic rings. The number of guanidine groups is 1. The Labute approximate surface area is 152 Å². The van der Waals surface area contributed by atoms with E-state index in [0.29, 0.717) is 6.54 Å². The number of nitrogens with one attached hydrogen (secondary N) is 3. The highest BCUT2D eigenvalue weighted by atomic mass is 19.1. The van der Waals surface area contributed by atoms with Crippen LogP contribution >= 0.6 is 0 Å². The number of fused-ring (bicyclic) bond motifs is 1. The van der Waals surface area contributed by atoms with Gasteiger partial charge in [0.1, 0.15) is 5.82 Å². The number of benzene rings is 1. The summed E-state index contributed by atoms with van der Waals surface area (Å²) in [5, 5.41) is 7.65. The maximum atomic E-state index is 13.3. The van der Waals surface area contributed by atoms with Gasteiger partial charge in [-0.3, -0.25) is 4.98 Å². The van der Waals surface area contributed by atoms with E-state index >= 15 is 0 Å². The molecule has 3 rings (SSSR count). The van der Waals surface area contributed by atoms with Crippen molar-refractivity contribution in [1.29, 1.82) is 0 Å². The summed E-state index contributed by atoms with van der Waals surface area (Å²) >= 11 is 0. The molecule has 0 bridgehead atoms. The lowest BCUT2D eigenvalue weighted by Gasteiger charge is -2.11. The largest absolute Gasteiger partial charge is 0.361 e. The Kier molecular flexibility index (Phi) is 5.84. The molecule has 3 N–H and O–H groups in total. The molecule has 6 heteroatoms. The van der Waals surface area contributed by atoms with E-state index < -0.39 is 0 Å². The molecular weight excluding hydrogens is 329 g/mol. The summed E-state index contributed by atoms with van der Waals surface area (Å²) in [4.78, 5) is 12.1. The maximum Gasteiger partial charge on any atom is 0.191 e. The summed E-state index contributed by atoms with van der Waals surface area (Å²) < 4.78 is 13.3. The van der Waals surface area contributed by atoms with Crippen LogP contribution in [0.3, 0.4) is 0 Å². The van der Waals surface area contributed by atoms with Gasteiger partial charge in [0.15, 0.2) is 5.96 Å². The van der Waals surface area contributed by atoms with E-state index in [4.69, 9.17) is 0 Å². The highest BCUT2D eigenvalue weighted by Gasteiger charge is 2.05. The molecule has 26 heavy (non-hydrogen) atoms. The molecule has 0 radical (unpaired) electrons. The predicted octanol–water partition coefficient (Wildman–Crippen LogP) is 3.31. The Morgan fingerprint density at radius 1 is 1.27 bits per heavy atom. The van der Waals surface area contributed by atoms with Gasteiger partial charge in [-0.15, -0.1) is 0 Å². The fourth-order valence-corrected chi connectivity index (χ4v) is 2.86. The summed E-state index contributed by atoms with van der Waals surface area (Å²) in [7, 11) is 0. The average molecular weight is 353 g/mol. The van der Waals surface area contributed by atoms with Crippen LogP contribution in [0.25, 0.3) is 10.9 Å². The van der Waals surface area contributed by atoms with E-state index in [1.165, 1.54) is 12.1 Å². The highest BCUT2D eigenvalue weighted by molar-refractivity contribution is 5.83. The molecule has 0 fully saturated rings. The van der Waals surface area contributed by atoms with Crippen LogP contribution in [0.15, 0.2) is 47.7 Å². The molecule has 0 atom stereocenters. The Bertz CT molecular complexity index is 900. The molecule has 0 spiro atoms. The molecule has 136 valence electrons. The van der Waals surface area contributed by atoms with Crippen LogP contribution in [-0.4, -0.2) is 29.0 Å². The Balaban J connectivity index is 1.61. The average Bonchev–Trinajstić information content (AvgIpc) is 3.03. The second kappa shape index (κ2) is 8.47. The number of pyridine rings is 1. The van der Waals surface area contributed by atoms with Crippen LogP contribution < -0.4 is 10.6 Å². The van der Waals surface area contributed by atoms with Crippen molar-refractivity contribution in [3.05, 3.63) is 65.4 Å². The predicted molar refractivity (Wildman–Crippen MR) is 104 cm³/mol. The Morgan fingerprint density at radius 2 is 2.15 bits per heavy atom. The molecule has 0 aliphatic carbocycles. The van der Waals surface area contributed by atoms with Crippen molar-refractivity contribution in [3.63, 3.8) is 0 Å². The molecule has 0 aliphatic rings. The van der Waals surface area contributed by atoms with Crippen molar-refractivity contribution in [2.75, 3.05) is 13.1 Å². The van der Waals surface area contributed by atoms with Gasteiger partial charge in [-0.1, -0.05) is 6.07 Å². The van der Waals surface area contributed by atoms with E-state index in [0.717, 1.165) is 53.2 Å². The van der Waals surface area contributed by atoms with Crippen molar-refractivity contribution in [2.24, 2.45) is 4.99 Å². The van der Waals surface area contributed by atoms with Crippen molar-refractivity contribution in [3.8, 4) is 0 Å². The second-order valence-corrected chi connectivity index (χ2v) is 6.14. The monoisotopic (exact) mass is 353 g/mol. The van der Waals surface area contributed by atoms with Crippen LogP contribution in [-0.2, 0) is 13.0 Å². The third kappa shape index (κ3) is 4.39. The molecule has 0 saturated carbocycles. The summed E-state index contributed by atoms with van der Waals surface area (Å²) in [6.07, 6.45) is 4.55. The number of rotatable bonds is 6. The number of aliphatic imine (C=N–C) groups is 1. The molecule has 0 amide bonds. The number of aromatic nitrogens is 2. The van der Waals surface area contributed by atoms with Gasteiger partial charge in [-0.05, 0) is 55.7 Å².